The zero-order valence-corrected chi connectivity index (χ0v) is 15.9. The third-order valence-electron chi connectivity index (χ3n) is 4.20. The van der Waals surface area contributed by atoms with Crippen molar-refractivity contribution in [2.24, 2.45) is 0 Å². The molecule has 5 nitrogen and oxygen atoms in total. The number of hydrogen-bond donors (Lipinski definition) is 2. The van der Waals surface area contributed by atoms with Crippen LogP contribution in [0.2, 0.25) is 0 Å². The van der Waals surface area contributed by atoms with Gasteiger partial charge in [-0.1, -0.05) is 17.7 Å². The maximum atomic E-state index is 8.91. The highest BCUT2D eigenvalue weighted by Gasteiger charge is 2.12. The molecule has 0 fully saturated rings. The van der Waals surface area contributed by atoms with Gasteiger partial charge in [-0.2, -0.15) is 0 Å². The lowest BCUT2D eigenvalue weighted by molar-refractivity contribution is 0.201. The summed E-state index contributed by atoms with van der Waals surface area (Å²) in [6.07, 6.45) is 0. The second kappa shape index (κ2) is 9.78. The fourth-order valence-electron chi connectivity index (χ4n) is 2.85. The van der Waals surface area contributed by atoms with E-state index in [2.05, 4.69) is 36.1 Å². The van der Waals surface area contributed by atoms with Crippen LogP contribution in [0.15, 0.2) is 72.8 Å². The standard InChI is InChI=1S/C23H25NO4/c1-18-2-4-19(5-3-18)24(20-6-10-22(11-7-20)27-16-14-25)21-8-12-23(13-9-21)28-17-15-26/h2-13,25-26H,14-17H2,1H3. The van der Waals surface area contributed by atoms with Crippen LogP contribution in [-0.4, -0.2) is 36.6 Å². The van der Waals surface area contributed by atoms with E-state index >= 15 is 0 Å². The van der Waals surface area contributed by atoms with Gasteiger partial charge in [-0.15, -0.1) is 0 Å². The van der Waals surface area contributed by atoms with E-state index in [1.54, 1.807) is 0 Å². The summed E-state index contributed by atoms with van der Waals surface area (Å²) in [4.78, 5) is 2.14. The number of aliphatic hydroxyl groups is 2. The number of aryl methyl sites for hydroxylation is 1. The second-order valence-electron chi connectivity index (χ2n) is 6.30. The number of hydrogen-bond acceptors (Lipinski definition) is 5. The Morgan fingerprint density at radius 2 is 0.964 bits per heavy atom. The van der Waals surface area contributed by atoms with Gasteiger partial charge in [0.2, 0.25) is 0 Å². The van der Waals surface area contributed by atoms with Gasteiger partial charge in [0.15, 0.2) is 0 Å². The van der Waals surface area contributed by atoms with Crippen molar-refractivity contribution in [2.45, 2.75) is 6.92 Å². The minimum Gasteiger partial charge on any atom is -0.491 e. The highest BCUT2D eigenvalue weighted by Crippen LogP contribution is 2.36. The van der Waals surface area contributed by atoms with Gasteiger partial charge < -0.3 is 24.6 Å². The minimum absolute atomic E-state index is 0.0120. The molecule has 2 N–H and O–H groups in total. The molecule has 3 rings (SSSR count). The van der Waals surface area contributed by atoms with Crippen molar-refractivity contribution in [2.75, 3.05) is 31.3 Å². The quantitative estimate of drug-likeness (QED) is 0.583. The van der Waals surface area contributed by atoms with Crippen molar-refractivity contribution in [1.29, 1.82) is 0 Å². The first-order valence-corrected chi connectivity index (χ1v) is 9.25. The summed E-state index contributed by atoms with van der Waals surface area (Å²) in [5, 5.41) is 17.8. The molecule has 3 aromatic carbocycles. The molecule has 0 radical (unpaired) electrons. The first kappa shape index (κ1) is 19.7. The average Bonchev–Trinajstić information content (AvgIpc) is 2.74. The van der Waals surface area contributed by atoms with E-state index < -0.39 is 0 Å². The summed E-state index contributed by atoms with van der Waals surface area (Å²) in [5.74, 6) is 1.43. The highest BCUT2D eigenvalue weighted by atomic mass is 16.5. The second-order valence-corrected chi connectivity index (χ2v) is 6.30. The molecule has 0 aromatic heterocycles. The molecule has 0 heterocycles. The van der Waals surface area contributed by atoms with Crippen molar-refractivity contribution < 1.29 is 19.7 Å². The first-order valence-electron chi connectivity index (χ1n) is 9.25. The Kier molecular flexibility index (Phi) is 6.89. The summed E-state index contributed by atoms with van der Waals surface area (Å²) < 4.78 is 10.9. The van der Waals surface area contributed by atoms with Crippen LogP contribution in [0.25, 0.3) is 0 Å². The average molecular weight is 379 g/mol. The topological polar surface area (TPSA) is 62.2 Å². The van der Waals surface area contributed by atoms with E-state index in [0.717, 1.165) is 28.6 Å². The summed E-state index contributed by atoms with van der Waals surface area (Å²) >= 11 is 0. The van der Waals surface area contributed by atoms with Crippen LogP contribution in [0.5, 0.6) is 11.5 Å². The molecule has 0 bridgehead atoms. The Bertz CT molecular complexity index is 794. The van der Waals surface area contributed by atoms with Gasteiger partial charge in [0, 0.05) is 17.1 Å². The summed E-state index contributed by atoms with van der Waals surface area (Å²) in [5.41, 5.74) is 4.22. The molecule has 0 spiro atoms. The molecule has 0 aliphatic rings. The zero-order chi connectivity index (χ0) is 19.8. The number of anilines is 3. The number of aliphatic hydroxyl groups excluding tert-OH is 2. The molecular formula is C23H25NO4. The van der Waals surface area contributed by atoms with Crippen LogP contribution in [0.1, 0.15) is 5.56 Å². The van der Waals surface area contributed by atoms with Crippen LogP contribution < -0.4 is 14.4 Å². The van der Waals surface area contributed by atoms with E-state index in [1.807, 2.05) is 48.5 Å². The Morgan fingerprint density at radius 3 is 1.32 bits per heavy atom. The lowest BCUT2D eigenvalue weighted by Crippen LogP contribution is -2.10. The summed E-state index contributed by atoms with van der Waals surface area (Å²) in [6.45, 7) is 2.59. The molecule has 0 saturated heterocycles. The Morgan fingerprint density at radius 1 is 0.607 bits per heavy atom. The summed E-state index contributed by atoms with van der Waals surface area (Å²) in [7, 11) is 0. The number of ether oxygens (including phenoxy) is 2. The molecular weight excluding hydrogens is 354 g/mol. The van der Waals surface area contributed by atoms with Crippen molar-refractivity contribution in [3.05, 3.63) is 78.4 Å². The summed E-state index contributed by atoms with van der Waals surface area (Å²) in [6, 6.07) is 23.9. The van der Waals surface area contributed by atoms with Crippen molar-refractivity contribution in [3.8, 4) is 11.5 Å². The third kappa shape index (κ3) is 5.03. The van der Waals surface area contributed by atoms with Crippen LogP contribution in [0.4, 0.5) is 17.1 Å². The molecule has 0 saturated carbocycles. The number of benzene rings is 3. The molecule has 0 atom stereocenters. The predicted molar refractivity (Wildman–Crippen MR) is 111 cm³/mol. The van der Waals surface area contributed by atoms with Gasteiger partial charge in [0.25, 0.3) is 0 Å². The molecule has 3 aromatic rings. The van der Waals surface area contributed by atoms with E-state index in [4.69, 9.17) is 19.7 Å². The van der Waals surface area contributed by atoms with Gasteiger partial charge in [-0.3, -0.25) is 0 Å². The monoisotopic (exact) mass is 379 g/mol. The molecule has 28 heavy (non-hydrogen) atoms. The van der Waals surface area contributed by atoms with Crippen LogP contribution >= 0.6 is 0 Å². The van der Waals surface area contributed by atoms with E-state index in [0.29, 0.717) is 0 Å². The lowest BCUT2D eigenvalue weighted by atomic mass is 10.1. The zero-order valence-electron chi connectivity index (χ0n) is 15.9. The highest BCUT2D eigenvalue weighted by molar-refractivity contribution is 5.77. The molecule has 0 amide bonds. The number of rotatable bonds is 9. The third-order valence-corrected chi connectivity index (χ3v) is 4.20. The largest absolute Gasteiger partial charge is 0.491 e. The van der Waals surface area contributed by atoms with Crippen LogP contribution in [0.3, 0.4) is 0 Å². The van der Waals surface area contributed by atoms with E-state index in [9.17, 15) is 0 Å². The lowest BCUT2D eigenvalue weighted by Gasteiger charge is -2.26. The molecule has 0 unspecified atom stereocenters. The normalized spacial score (nSPS) is 10.5. The maximum Gasteiger partial charge on any atom is 0.119 e. The van der Waals surface area contributed by atoms with E-state index in [-0.39, 0.29) is 26.4 Å². The Labute approximate surface area is 165 Å². The van der Waals surface area contributed by atoms with Crippen molar-refractivity contribution in [1.82, 2.24) is 0 Å². The predicted octanol–water partition coefficient (Wildman–Crippen LogP) is 4.21. The Hall–Kier alpha value is -3.02. The SMILES string of the molecule is Cc1ccc(N(c2ccc(OCCO)cc2)c2ccc(OCCO)cc2)cc1. The smallest absolute Gasteiger partial charge is 0.119 e. The maximum absolute atomic E-state index is 8.91. The fraction of sp³-hybridized carbons (Fsp3) is 0.217. The van der Waals surface area contributed by atoms with Gasteiger partial charge >= 0.3 is 0 Å². The fourth-order valence-corrected chi connectivity index (χ4v) is 2.85. The van der Waals surface area contributed by atoms with Gasteiger partial charge in [0.05, 0.1) is 13.2 Å². The van der Waals surface area contributed by atoms with Crippen LogP contribution in [0, 0.1) is 6.92 Å². The Balaban J connectivity index is 1.92. The molecule has 0 aliphatic carbocycles. The van der Waals surface area contributed by atoms with E-state index in [1.165, 1.54) is 5.56 Å². The van der Waals surface area contributed by atoms with Crippen molar-refractivity contribution >= 4 is 17.1 Å². The molecule has 5 heteroatoms. The minimum atomic E-state index is -0.0120. The van der Waals surface area contributed by atoms with Gasteiger partial charge in [-0.25, -0.2) is 0 Å². The first-order chi connectivity index (χ1) is 13.7. The van der Waals surface area contributed by atoms with Gasteiger partial charge in [0.1, 0.15) is 24.7 Å². The molecule has 0 aliphatic heterocycles. The number of nitrogens with zero attached hydrogens (tertiary/aromatic N) is 1. The molecule has 146 valence electrons. The van der Waals surface area contributed by atoms with Gasteiger partial charge in [-0.05, 0) is 67.6 Å². The van der Waals surface area contributed by atoms with Crippen LogP contribution in [-0.2, 0) is 0 Å². The van der Waals surface area contributed by atoms with Crippen molar-refractivity contribution in [3.63, 3.8) is 0 Å².